The summed E-state index contributed by atoms with van der Waals surface area (Å²) in [5.74, 6) is 3.73. The standard InChI is InChI=1S/C30H28N4O4/c1-3-15-34(28(35)4-2)23-8-5-21(6-9-23)30(36)32-22-7-10-27-26(18-22)33-29-25(19-38-27)24(11-14-31-29)20-12-16-37-17-13-20/h1,4-11,14,18,20H,2,12-13,15-17,19H2,(H,31,33)(H,32,36). The summed E-state index contributed by atoms with van der Waals surface area (Å²) in [6.45, 7) is 5.56. The molecule has 2 aromatic carbocycles. The average Bonchev–Trinajstić information content (AvgIpc) is 3.15. The number of carbonyl (C=O) groups is 2. The smallest absolute Gasteiger partial charge is 0.255 e. The summed E-state index contributed by atoms with van der Waals surface area (Å²) in [6, 6.07) is 14.2. The van der Waals surface area contributed by atoms with Crippen LogP contribution in [0.25, 0.3) is 0 Å². The molecule has 1 fully saturated rings. The van der Waals surface area contributed by atoms with Crippen molar-refractivity contribution in [1.82, 2.24) is 4.98 Å². The van der Waals surface area contributed by atoms with Gasteiger partial charge < -0.3 is 20.1 Å². The molecule has 192 valence electrons. The molecule has 0 unspecified atom stereocenters. The Labute approximate surface area is 221 Å². The minimum atomic E-state index is -0.309. The summed E-state index contributed by atoms with van der Waals surface area (Å²) in [5, 5.41) is 6.33. The molecule has 0 bridgehead atoms. The van der Waals surface area contributed by atoms with Crippen LogP contribution in [0.1, 0.15) is 40.2 Å². The lowest BCUT2D eigenvalue weighted by Crippen LogP contribution is -2.29. The van der Waals surface area contributed by atoms with E-state index >= 15 is 0 Å². The van der Waals surface area contributed by atoms with Crippen molar-refractivity contribution in [2.24, 2.45) is 0 Å². The number of anilines is 4. The highest BCUT2D eigenvalue weighted by Gasteiger charge is 2.24. The van der Waals surface area contributed by atoms with Crippen molar-refractivity contribution in [3.8, 4) is 18.1 Å². The number of carbonyl (C=O) groups excluding carboxylic acids is 2. The molecular weight excluding hydrogens is 480 g/mol. The average molecular weight is 509 g/mol. The van der Waals surface area contributed by atoms with Gasteiger partial charge in [-0.25, -0.2) is 4.98 Å². The minimum Gasteiger partial charge on any atom is -0.487 e. The number of ether oxygens (including phenoxy) is 2. The Kier molecular flexibility index (Phi) is 7.38. The quantitative estimate of drug-likeness (QED) is 0.359. The van der Waals surface area contributed by atoms with Crippen LogP contribution in [-0.2, 0) is 16.1 Å². The Bertz CT molecular complexity index is 1400. The third-order valence-electron chi connectivity index (χ3n) is 6.75. The number of fused-ring (bicyclic) bond motifs is 2. The van der Waals surface area contributed by atoms with Gasteiger partial charge in [0, 0.05) is 41.9 Å². The third-order valence-corrected chi connectivity index (χ3v) is 6.75. The number of rotatable bonds is 6. The Morgan fingerprint density at radius 3 is 2.71 bits per heavy atom. The molecule has 5 rings (SSSR count). The number of hydrogen-bond acceptors (Lipinski definition) is 6. The molecule has 0 spiro atoms. The van der Waals surface area contributed by atoms with E-state index in [2.05, 4.69) is 34.2 Å². The fourth-order valence-electron chi connectivity index (χ4n) is 4.76. The predicted molar refractivity (Wildman–Crippen MR) is 147 cm³/mol. The minimum absolute atomic E-state index is 0.106. The first-order chi connectivity index (χ1) is 18.6. The van der Waals surface area contributed by atoms with Gasteiger partial charge in [-0.15, -0.1) is 6.42 Å². The molecule has 2 N–H and O–H groups in total. The molecule has 38 heavy (non-hydrogen) atoms. The first-order valence-corrected chi connectivity index (χ1v) is 12.5. The van der Waals surface area contributed by atoms with E-state index in [9.17, 15) is 9.59 Å². The molecule has 0 saturated carbocycles. The molecule has 0 aliphatic carbocycles. The van der Waals surface area contributed by atoms with Gasteiger partial charge in [-0.1, -0.05) is 12.5 Å². The lowest BCUT2D eigenvalue weighted by atomic mass is 9.89. The van der Waals surface area contributed by atoms with Gasteiger partial charge in [-0.3, -0.25) is 14.5 Å². The second-order valence-electron chi connectivity index (χ2n) is 9.07. The van der Waals surface area contributed by atoms with Gasteiger partial charge in [-0.2, -0.15) is 0 Å². The van der Waals surface area contributed by atoms with Gasteiger partial charge in [0.25, 0.3) is 11.8 Å². The second-order valence-corrected chi connectivity index (χ2v) is 9.07. The highest BCUT2D eigenvalue weighted by atomic mass is 16.5. The van der Waals surface area contributed by atoms with E-state index in [-0.39, 0.29) is 18.4 Å². The van der Waals surface area contributed by atoms with Crippen molar-refractivity contribution in [2.75, 3.05) is 35.3 Å². The summed E-state index contributed by atoms with van der Waals surface area (Å²) in [4.78, 5) is 31.0. The van der Waals surface area contributed by atoms with Crippen molar-refractivity contribution in [3.05, 3.63) is 84.1 Å². The molecule has 8 heteroatoms. The maximum absolute atomic E-state index is 13.0. The fourth-order valence-corrected chi connectivity index (χ4v) is 4.76. The highest BCUT2D eigenvalue weighted by molar-refractivity contribution is 6.05. The number of amides is 2. The van der Waals surface area contributed by atoms with Gasteiger partial charge in [0.15, 0.2) is 0 Å². The van der Waals surface area contributed by atoms with Crippen LogP contribution in [0.15, 0.2) is 67.4 Å². The van der Waals surface area contributed by atoms with Crippen LogP contribution in [0.5, 0.6) is 5.75 Å². The zero-order chi connectivity index (χ0) is 26.5. The number of aromatic nitrogens is 1. The molecular formula is C30H28N4O4. The van der Waals surface area contributed by atoms with Crippen molar-refractivity contribution in [2.45, 2.75) is 25.4 Å². The summed E-state index contributed by atoms with van der Waals surface area (Å²) >= 11 is 0. The van der Waals surface area contributed by atoms with Crippen LogP contribution in [0.4, 0.5) is 22.9 Å². The van der Waals surface area contributed by atoms with Crippen molar-refractivity contribution < 1.29 is 19.1 Å². The lowest BCUT2D eigenvalue weighted by molar-refractivity contribution is -0.114. The monoisotopic (exact) mass is 508 g/mol. The first kappa shape index (κ1) is 25.1. The molecule has 2 amide bonds. The summed E-state index contributed by atoms with van der Waals surface area (Å²) in [6.07, 6.45) is 10.4. The van der Waals surface area contributed by atoms with Gasteiger partial charge >= 0.3 is 0 Å². The number of nitrogens with zero attached hydrogens (tertiary/aromatic N) is 2. The van der Waals surface area contributed by atoms with Gasteiger partial charge in [0.05, 0.1) is 12.2 Å². The summed E-state index contributed by atoms with van der Waals surface area (Å²) in [5.41, 5.74) is 4.64. The van der Waals surface area contributed by atoms with E-state index < -0.39 is 0 Å². The molecule has 0 radical (unpaired) electrons. The Balaban J connectivity index is 1.32. The van der Waals surface area contributed by atoms with Crippen molar-refractivity contribution in [3.63, 3.8) is 0 Å². The van der Waals surface area contributed by atoms with E-state index in [0.29, 0.717) is 35.2 Å². The normalized spacial score (nSPS) is 14.4. The molecule has 8 nitrogen and oxygen atoms in total. The zero-order valence-electron chi connectivity index (χ0n) is 20.9. The molecule has 3 aromatic rings. The molecule has 3 heterocycles. The lowest BCUT2D eigenvalue weighted by Gasteiger charge is -2.24. The first-order valence-electron chi connectivity index (χ1n) is 12.5. The third kappa shape index (κ3) is 5.24. The maximum Gasteiger partial charge on any atom is 0.255 e. The van der Waals surface area contributed by atoms with Crippen molar-refractivity contribution >= 4 is 34.7 Å². The molecule has 1 aromatic heterocycles. The largest absolute Gasteiger partial charge is 0.487 e. The van der Waals surface area contributed by atoms with Crippen LogP contribution in [0.2, 0.25) is 0 Å². The molecule has 0 atom stereocenters. The predicted octanol–water partition coefficient (Wildman–Crippen LogP) is 5.02. The maximum atomic E-state index is 13.0. The number of benzene rings is 2. The van der Waals surface area contributed by atoms with Crippen LogP contribution in [0, 0.1) is 12.3 Å². The molecule has 2 aliphatic rings. The molecule has 1 saturated heterocycles. The van der Waals surface area contributed by atoms with Crippen LogP contribution in [-0.4, -0.2) is 36.6 Å². The number of hydrogen-bond donors (Lipinski definition) is 2. The van der Waals surface area contributed by atoms with E-state index in [0.717, 1.165) is 43.1 Å². The fraction of sp³-hybridized carbons (Fsp3) is 0.233. The van der Waals surface area contributed by atoms with Gasteiger partial charge in [-0.05, 0) is 78.9 Å². The topological polar surface area (TPSA) is 92.8 Å². The SMILES string of the molecule is C#CCN(C(=O)C=C)c1ccc(C(=O)Nc2ccc3c(c2)Nc2nccc(C4CCOCC4)c2CO3)cc1. The number of pyridine rings is 1. The number of nitrogens with one attached hydrogen (secondary N) is 2. The molecule has 2 aliphatic heterocycles. The van der Waals surface area contributed by atoms with Crippen molar-refractivity contribution in [1.29, 1.82) is 0 Å². The van der Waals surface area contributed by atoms with E-state index in [4.69, 9.17) is 15.9 Å². The second kappa shape index (κ2) is 11.2. The summed E-state index contributed by atoms with van der Waals surface area (Å²) < 4.78 is 11.7. The number of terminal acetylenes is 1. The van der Waals surface area contributed by atoms with Crippen LogP contribution in [0.3, 0.4) is 0 Å². The van der Waals surface area contributed by atoms with Gasteiger partial charge in [0.1, 0.15) is 18.2 Å². The zero-order valence-corrected chi connectivity index (χ0v) is 20.9. The summed E-state index contributed by atoms with van der Waals surface area (Å²) in [7, 11) is 0. The van der Waals surface area contributed by atoms with Crippen LogP contribution >= 0.6 is 0 Å². The highest BCUT2D eigenvalue weighted by Crippen LogP contribution is 2.39. The van der Waals surface area contributed by atoms with E-state index in [1.165, 1.54) is 16.5 Å². The Morgan fingerprint density at radius 1 is 1.18 bits per heavy atom. The van der Waals surface area contributed by atoms with Gasteiger partial charge in [0.2, 0.25) is 0 Å². The van der Waals surface area contributed by atoms with E-state index in [1.54, 1.807) is 30.3 Å². The Morgan fingerprint density at radius 2 is 1.97 bits per heavy atom. The van der Waals surface area contributed by atoms with Crippen LogP contribution < -0.4 is 20.3 Å². The Hall–Kier alpha value is -4.61. The van der Waals surface area contributed by atoms with E-state index in [1.807, 2.05) is 18.3 Å².